The van der Waals surface area contributed by atoms with Crippen molar-refractivity contribution < 1.29 is 37.6 Å². The van der Waals surface area contributed by atoms with Crippen LogP contribution in [0.3, 0.4) is 0 Å². The zero-order chi connectivity index (χ0) is 25.4. The standard InChI is InChI=1S/C23H33N3O8S/c1-15(2)12-26(35(29)30)13-20(27)19(11-16-3-5-17(6-4-16)31-10-8-24)25-23(28)34-21-14-33-22-18(21)7-9-32-22/h3-6,15,18-22,27H,7,9-14H2,1-2H3,(H,25,28)(H,29,30)/p-1. The maximum atomic E-state index is 12.7. The number of carbonyl (C=O) groups excluding carboxylic acids is 1. The zero-order valence-corrected chi connectivity index (χ0v) is 20.6. The number of ether oxygens (including phenoxy) is 4. The number of hydrogen-bond acceptors (Lipinski definition) is 9. The van der Waals surface area contributed by atoms with Gasteiger partial charge in [-0.15, -0.1) is 0 Å². The van der Waals surface area contributed by atoms with Gasteiger partial charge in [0.1, 0.15) is 17.9 Å². The number of amides is 1. The molecule has 0 spiro atoms. The Morgan fingerprint density at radius 2 is 2.09 bits per heavy atom. The fourth-order valence-corrected chi connectivity index (χ4v) is 4.88. The van der Waals surface area contributed by atoms with Gasteiger partial charge in [0.15, 0.2) is 12.9 Å². The van der Waals surface area contributed by atoms with E-state index in [1.54, 1.807) is 24.3 Å². The van der Waals surface area contributed by atoms with Gasteiger partial charge < -0.3 is 33.9 Å². The Morgan fingerprint density at radius 3 is 2.74 bits per heavy atom. The average Bonchev–Trinajstić information content (AvgIpc) is 3.42. The van der Waals surface area contributed by atoms with Crippen LogP contribution in [0.5, 0.6) is 5.75 Å². The van der Waals surface area contributed by atoms with E-state index < -0.39 is 35.6 Å². The number of nitrogens with zero attached hydrogens (tertiary/aromatic N) is 2. The summed E-state index contributed by atoms with van der Waals surface area (Å²) in [6.45, 7) is 4.49. The number of aliphatic hydroxyl groups is 1. The van der Waals surface area contributed by atoms with E-state index in [0.717, 1.165) is 16.3 Å². The van der Waals surface area contributed by atoms with Gasteiger partial charge in [0.2, 0.25) is 0 Å². The van der Waals surface area contributed by atoms with E-state index >= 15 is 0 Å². The molecule has 194 valence electrons. The number of rotatable bonds is 12. The first-order chi connectivity index (χ1) is 16.8. The molecule has 1 aromatic rings. The van der Waals surface area contributed by atoms with Crippen molar-refractivity contribution in [2.75, 3.05) is 32.9 Å². The molecule has 12 heteroatoms. The molecule has 0 bridgehead atoms. The van der Waals surface area contributed by atoms with E-state index in [2.05, 4.69) is 5.32 Å². The smallest absolute Gasteiger partial charge is 0.407 e. The Labute approximate surface area is 207 Å². The van der Waals surface area contributed by atoms with Gasteiger partial charge in [-0.3, -0.25) is 4.21 Å². The van der Waals surface area contributed by atoms with Gasteiger partial charge in [-0.1, -0.05) is 26.0 Å². The van der Waals surface area contributed by atoms with Crippen LogP contribution in [0.2, 0.25) is 0 Å². The Morgan fingerprint density at radius 1 is 1.34 bits per heavy atom. The first kappa shape index (κ1) is 27.3. The summed E-state index contributed by atoms with van der Waals surface area (Å²) in [5.41, 5.74) is 0.769. The second-order valence-electron chi connectivity index (χ2n) is 9.04. The lowest BCUT2D eigenvalue weighted by atomic mass is 10.0. The Hall–Kier alpha value is -2.27. The van der Waals surface area contributed by atoms with Crippen LogP contribution in [0.25, 0.3) is 0 Å². The summed E-state index contributed by atoms with van der Waals surface area (Å²) in [4.78, 5) is 12.7. The molecule has 1 aromatic carbocycles. The van der Waals surface area contributed by atoms with Gasteiger partial charge in [0.05, 0.1) is 31.3 Å². The highest BCUT2D eigenvalue weighted by Crippen LogP contribution is 2.33. The van der Waals surface area contributed by atoms with Crippen LogP contribution < -0.4 is 10.1 Å². The molecule has 6 unspecified atom stereocenters. The molecule has 0 aliphatic carbocycles. The highest BCUT2D eigenvalue weighted by molar-refractivity contribution is 7.76. The summed E-state index contributed by atoms with van der Waals surface area (Å²) in [5, 5.41) is 22.3. The number of hydrogen-bond donors (Lipinski definition) is 2. The van der Waals surface area contributed by atoms with Crippen LogP contribution in [0.1, 0.15) is 25.8 Å². The van der Waals surface area contributed by atoms with Crippen LogP contribution >= 0.6 is 0 Å². The summed E-state index contributed by atoms with van der Waals surface area (Å²) in [6, 6.07) is 7.94. The lowest BCUT2D eigenvalue weighted by Crippen LogP contribution is -2.51. The van der Waals surface area contributed by atoms with Crippen molar-refractivity contribution in [3.8, 4) is 11.8 Å². The lowest BCUT2D eigenvalue weighted by Gasteiger charge is -2.32. The van der Waals surface area contributed by atoms with E-state index in [0.29, 0.717) is 12.4 Å². The lowest BCUT2D eigenvalue weighted by molar-refractivity contribution is -0.0907. The summed E-state index contributed by atoms with van der Waals surface area (Å²) in [5.74, 6) is 0.537. The van der Waals surface area contributed by atoms with Gasteiger partial charge in [0, 0.05) is 24.4 Å². The summed E-state index contributed by atoms with van der Waals surface area (Å²) >= 11 is -2.53. The molecular weight excluding hydrogens is 478 g/mol. The number of carbonyl (C=O) groups is 1. The number of nitrogens with one attached hydrogen (secondary N) is 1. The minimum Gasteiger partial charge on any atom is -0.760 e. The minimum atomic E-state index is -2.53. The molecule has 0 radical (unpaired) electrons. The van der Waals surface area contributed by atoms with E-state index in [1.807, 2.05) is 19.9 Å². The Kier molecular flexibility index (Phi) is 10.3. The number of fused-ring (bicyclic) bond motifs is 1. The predicted molar refractivity (Wildman–Crippen MR) is 124 cm³/mol. The Bertz CT molecular complexity index is 894. The van der Waals surface area contributed by atoms with E-state index in [9.17, 15) is 18.7 Å². The largest absolute Gasteiger partial charge is 0.760 e. The van der Waals surface area contributed by atoms with Crippen LogP contribution in [-0.4, -0.2) is 81.7 Å². The van der Waals surface area contributed by atoms with E-state index in [1.165, 1.54) is 0 Å². The van der Waals surface area contributed by atoms with E-state index in [4.69, 9.17) is 24.2 Å². The maximum absolute atomic E-state index is 12.7. The van der Waals surface area contributed by atoms with Crippen LogP contribution in [0.15, 0.2) is 24.3 Å². The predicted octanol–water partition coefficient (Wildman–Crippen LogP) is 1.10. The summed E-state index contributed by atoms with van der Waals surface area (Å²) in [7, 11) is 0. The van der Waals surface area contributed by atoms with Gasteiger partial charge in [-0.2, -0.15) is 5.26 Å². The van der Waals surface area contributed by atoms with Crippen molar-refractivity contribution in [3.05, 3.63) is 29.8 Å². The van der Waals surface area contributed by atoms with Crippen molar-refractivity contribution in [2.24, 2.45) is 11.8 Å². The topological polar surface area (TPSA) is 153 Å². The second kappa shape index (κ2) is 13.2. The first-order valence-electron chi connectivity index (χ1n) is 11.6. The molecule has 6 atom stereocenters. The fraction of sp³-hybridized carbons (Fsp3) is 0.652. The third-order valence-electron chi connectivity index (χ3n) is 5.86. The molecule has 0 aromatic heterocycles. The second-order valence-corrected chi connectivity index (χ2v) is 9.99. The van der Waals surface area contributed by atoms with Crippen molar-refractivity contribution in [3.63, 3.8) is 0 Å². The van der Waals surface area contributed by atoms with Gasteiger partial charge in [-0.05, 0) is 36.5 Å². The summed E-state index contributed by atoms with van der Waals surface area (Å²) in [6.07, 6.45) is -1.80. The number of alkyl carbamates (subject to hydrolysis) is 1. The van der Waals surface area contributed by atoms with Crippen molar-refractivity contribution in [2.45, 2.75) is 51.2 Å². The number of nitriles is 1. The molecular formula is C23H32N3O8S-. The molecule has 2 saturated heterocycles. The van der Waals surface area contributed by atoms with Gasteiger partial charge >= 0.3 is 6.09 Å². The molecule has 2 N–H and O–H groups in total. The summed E-state index contributed by atoms with van der Waals surface area (Å²) < 4.78 is 46.3. The monoisotopic (exact) mass is 510 g/mol. The molecule has 1 amide bonds. The Balaban J connectivity index is 1.68. The molecule has 0 saturated carbocycles. The molecule has 2 aliphatic heterocycles. The average molecular weight is 511 g/mol. The molecule has 11 nitrogen and oxygen atoms in total. The first-order valence-corrected chi connectivity index (χ1v) is 12.6. The molecule has 2 aliphatic rings. The molecule has 2 fully saturated rings. The fourth-order valence-electron chi connectivity index (χ4n) is 4.18. The molecule has 35 heavy (non-hydrogen) atoms. The molecule has 3 rings (SSSR count). The van der Waals surface area contributed by atoms with Gasteiger partial charge in [0.25, 0.3) is 0 Å². The van der Waals surface area contributed by atoms with Crippen LogP contribution in [0, 0.1) is 23.2 Å². The highest BCUT2D eigenvalue weighted by atomic mass is 32.2. The van der Waals surface area contributed by atoms with Crippen LogP contribution in [0.4, 0.5) is 4.79 Å². The van der Waals surface area contributed by atoms with Crippen molar-refractivity contribution >= 4 is 17.4 Å². The molecule has 2 heterocycles. The van der Waals surface area contributed by atoms with Crippen LogP contribution in [-0.2, 0) is 31.9 Å². The highest BCUT2D eigenvalue weighted by Gasteiger charge is 2.44. The van der Waals surface area contributed by atoms with Crippen molar-refractivity contribution in [1.82, 2.24) is 9.62 Å². The quantitative estimate of drug-likeness (QED) is 0.394. The SMILES string of the molecule is CC(C)CN(CC(O)C(Cc1ccc(OCC#N)cc1)NC(=O)OC1COC2OCCC12)S(=O)[O-]. The minimum absolute atomic E-state index is 0.0329. The number of aliphatic hydroxyl groups excluding tert-OH is 1. The third kappa shape index (κ3) is 8.13. The van der Waals surface area contributed by atoms with Gasteiger partial charge in [-0.25, -0.2) is 9.10 Å². The number of benzene rings is 1. The maximum Gasteiger partial charge on any atom is 0.407 e. The van der Waals surface area contributed by atoms with Crippen molar-refractivity contribution in [1.29, 1.82) is 5.26 Å². The normalized spacial score (nSPS) is 24.0. The third-order valence-corrected chi connectivity index (χ3v) is 6.58. The van der Waals surface area contributed by atoms with E-state index in [-0.39, 0.29) is 50.8 Å². The zero-order valence-electron chi connectivity index (χ0n) is 19.8.